The van der Waals surface area contributed by atoms with Gasteiger partial charge in [-0.15, -0.1) is 0 Å². The molecule has 26 heavy (non-hydrogen) atoms. The fourth-order valence-corrected chi connectivity index (χ4v) is 2.53. The Labute approximate surface area is 154 Å². The summed E-state index contributed by atoms with van der Waals surface area (Å²) in [5, 5.41) is 14.7. The minimum absolute atomic E-state index is 0.122. The summed E-state index contributed by atoms with van der Waals surface area (Å²) in [5.41, 5.74) is 1.69. The molecular weight excluding hydrogens is 352 g/mol. The molecule has 0 aliphatic heterocycles. The Morgan fingerprint density at radius 1 is 0.923 bits per heavy atom. The normalized spacial score (nSPS) is 10.2. The number of hydrogen-bond acceptors (Lipinski definition) is 4. The predicted octanol–water partition coefficient (Wildman–Crippen LogP) is 3.77. The van der Waals surface area contributed by atoms with Gasteiger partial charge in [-0.3, -0.25) is 10.1 Å². The third kappa shape index (κ3) is 3.96. The van der Waals surface area contributed by atoms with E-state index in [-0.39, 0.29) is 16.8 Å². The molecule has 1 aromatic heterocycles. The zero-order valence-electron chi connectivity index (χ0n) is 13.4. The van der Waals surface area contributed by atoms with Gasteiger partial charge in [0, 0.05) is 11.1 Å². The molecule has 0 radical (unpaired) electrons. The van der Waals surface area contributed by atoms with Crippen molar-refractivity contribution in [3.05, 3.63) is 78.1 Å². The van der Waals surface area contributed by atoms with Crippen molar-refractivity contribution < 1.29 is 19.1 Å². The highest BCUT2D eigenvalue weighted by molar-refractivity contribution is 7.80. The largest absolute Gasteiger partial charge is 0.475 e. The highest BCUT2D eigenvalue weighted by Gasteiger charge is 2.14. The van der Waals surface area contributed by atoms with Gasteiger partial charge in [-0.05, 0) is 48.6 Å². The number of thiocarbonyl (C=S) groups is 1. The van der Waals surface area contributed by atoms with Crippen LogP contribution in [0, 0.1) is 0 Å². The molecule has 130 valence electrons. The van der Waals surface area contributed by atoms with Crippen LogP contribution in [0.2, 0.25) is 0 Å². The van der Waals surface area contributed by atoms with Gasteiger partial charge in [0.2, 0.25) is 5.76 Å². The zero-order chi connectivity index (χ0) is 18.5. The molecular formula is C19H14N2O4S. The second-order valence-electron chi connectivity index (χ2n) is 5.29. The summed E-state index contributed by atoms with van der Waals surface area (Å²) in [7, 11) is 0. The van der Waals surface area contributed by atoms with Crippen LogP contribution in [0.5, 0.6) is 0 Å². The van der Waals surface area contributed by atoms with Crippen LogP contribution >= 0.6 is 12.2 Å². The molecule has 0 bridgehead atoms. The van der Waals surface area contributed by atoms with Gasteiger partial charge < -0.3 is 14.8 Å². The number of aromatic carboxylic acids is 1. The van der Waals surface area contributed by atoms with Crippen LogP contribution in [-0.4, -0.2) is 22.1 Å². The van der Waals surface area contributed by atoms with Gasteiger partial charge in [-0.2, -0.15) is 0 Å². The van der Waals surface area contributed by atoms with Gasteiger partial charge in [0.15, 0.2) is 5.11 Å². The Morgan fingerprint density at radius 2 is 1.62 bits per heavy atom. The number of benzene rings is 2. The second-order valence-corrected chi connectivity index (χ2v) is 5.70. The minimum atomic E-state index is -1.15. The van der Waals surface area contributed by atoms with Crippen molar-refractivity contribution in [2.45, 2.75) is 0 Å². The maximum absolute atomic E-state index is 12.2. The molecule has 0 saturated carbocycles. The molecule has 1 heterocycles. The molecule has 0 fully saturated rings. The van der Waals surface area contributed by atoms with E-state index in [0.717, 1.165) is 0 Å². The summed E-state index contributed by atoms with van der Waals surface area (Å²) in [6.45, 7) is 0. The van der Waals surface area contributed by atoms with Crippen LogP contribution in [0.4, 0.5) is 5.69 Å². The SMILES string of the molecule is O=C(NC(=S)Nc1ccccc1-c1ccc(C(=O)O)o1)c1ccccc1. The number of rotatable bonds is 4. The molecule has 3 aromatic rings. The quantitative estimate of drug-likeness (QED) is 0.609. The molecule has 0 atom stereocenters. The summed E-state index contributed by atoms with van der Waals surface area (Å²) in [6.07, 6.45) is 0. The summed E-state index contributed by atoms with van der Waals surface area (Å²) in [4.78, 5) is 23.1. The van der Waals surface area contributed by atoms with E-state index in [1.54, 1.807) is 54.6 Å². The molecule has 0 spiro atoms. The van der Waals surface area contributed by atoms with Crippen LogP contribution in [0.15, 0.2) is 71.1 Å². The lowest BCUT2D eigenvalue weighted by Gasteiger charge is -2.12. The molecule has 3 N–H and O–H groups in total. The van der Waals surface area contributed by atoms with E-state index < -0.39 is 5.97 Å². The lowest BCUT2D eigenvalue weighted by Crippen LogP contribution is -2.34. The molecule has 0 aliphatic rings. The zero-order valence-corrected chi connectivity index (χ0v) is 14.2. The standard InChI is InChI=1S/C19H14N2O4S/c22-17(12-6-2-1-3-7-12)21-19(26)20-14-9-5-4-8-13(14)15-10-11-16(25-15)18(23)24/h1-11H,(H,23,24)(H2,20,21,22,26). The monoisotopic (exact) mass is 366 g/mol. The number of nitrogens with one attached hydrogen (secondary N) is 2. The fraction of sp³-hybridized carbons (Fsp3) is 0. The fourth-order valence-electron chi connectivity index (χ4n) is 2.32. The Hall–Kier alpha value is -3.45. The second kappa shape index (κ2) is 7.62. The van der Waals surface area contributed by atoms with Gasteiger partial charge in [0.25, 0.3) is 5.91 Å². The van der Waals surface area contributed by atoms with E-state index in [0.29, 0.717) is 22.6 Å². The average Bonchev–Trinajstić information content (AvgIpc) is 3.13. The van der Waals surface area contributed by atoms with E-state index in [4.69, 9.17) is 21.7 Å². The molecule has 1 amide bonds. The first-order chi connectivity index (χ1) is 12.5. The first-order valence-electron chi connectivity index (χ1n) is 7.64. The smallest absolute Gasteiger partial charge is 0.371 e. The first kappa shape index (κ1) is 17.4. The van der Waals surface area contributed by atoms with Crippen LogP contribution in [-0.2, 0) is 0 Å². The third-order valence-electron chi connectivity index (χ3n) is 3.52. The summed E-state index contributed by atoms with van der Waals surface area (Å²) >= 11 is 5.20. The van der Waals surface area contributed by atoms with Gasteiger partial charge in [0.1, 0.15) is 5.76 Å². The van der Waals surface area contributed by atoms with E-state index in [1.807, 2.05) is 6.07 Å². The number of amides is 1. The summed E-state index contributed by atoms with van der Waals surface area (Å²) in [5.74, 6) is -1.25. The van der Waals surface area contributed by atoms with Crippen molar-refractivity contribution in [1.29, 1.82) is 0 Å². The number of anilines is 1. The van der Waals surface area contributed by atoms with Crippen molar-refractivity contribution in [2.24, 2.45) is 0 Å². The Bertz CT molecular complexity index is 966. The Balaban J connectivity index is 1.76. The van der Waals surface area contributed by atoms with Gasteiger partial charge in [-0.1, -0.05) is 30.3 Å². The van der Waals surface area contributed by atoms with Crippen LogP contribution in [0.1, 0.15) is 20.9 Å². The topological polar surface area (TPSA) is 91.6 Å². The van der Waals surface area contributed by atoms with Crippen LogP contribution in [0.25, 0.3) is 11.3 Å². The minimum Gasteiger partial charge on any atom is -0.475 e. The van der Waals surface area contributed by atoms with Gasteiger partial charge in [-0.25, -0.2) is 4.79 Å². The van der Waals surface area contributed by atoms with E-state index in [2.05, 4.69) is 10.6 Å². The average molecular weight is 366 g/mol. The first-order valence-corrected chi connectivity index (χ1v) is 8.05. The van der Waals surface area contributed by atoms with E-state index in [1.165, 1.54) is 6.07 Å². The molecule has 0 unspecified atom stereocenters. The van der Waals surface area contributed by atoms with Gasteiger partial charge >= 0.3 is 5.97 Å². The summed E-state index contributed by atoms with van der Waals surface area (Å²) in [6, 6.07) is 18.7. The third-order valence-corrected chi connectivity index (χ3v) is 3.72. The van der Waals surface area contributed by atoms with E-state index >= 15 is 0 Å². The predicted molar refractivity (Wildman–Crippen MR) is 101 cm³/mol. The van der Waals surface area contributed by atoms with Gasteiger partial charge in [0.05, 0.1) is 5.69 Å². The number of carbonyl (C=O) groups excluding carboxylic acids is 1. The number of carboxylic acids is 1. The number of hydrogen-bond donors (Lipinski definition) is 3. The molecule has 0 aliphatic carbocycles. The lowest BCUT2D eigenvalue weighted by atomic mass is 10.1. The maximum atomic E-state index is 12.2. The number of carbonyl (C=O) groups is 2. The lowest BCUT2D eigenvalue weighted by molar-refractivity contribution is 0.0663. The highest BCUT2D eigenvalue weighted by atomic mass is 32.1. The molecule has 3 rings (SSSR count). The molecule has 0 saturated heterocycles. The molecule has 7 heteroatoms. The number of para-hydroxylation sites is 1. The van der Waals surface area contributed by atoms with Crippen molar-refractivity contribution in [2.75, 3.05) is 5.32 Å². The Kier molecular flexibility index (Phi) is 5.09. The van der Waals surface area contributed by atoms with Crippen LogP contribution in [0.3, 0.4) is 0 Å². The Morgan fingerprint density at radius 3 is 2.31 bits per heavy atom. The highest BCUT2D eigenvalue weighted by Crippen LogP contribution is 2.29. The summed E-state index contributed by atoms with van der Waals surface area (Å²) < 4.78 is 5.33. The van der Waals surface area contributed by atoms with Crippen molar-refractivity contribution in [3.63, 3.8) is 0 Å². The van der Waals surface area contributed by atoms with Crippen molar-refractivity contribution in [1.82, 2.24) is 5.32 Å². The molecule has 6 nitrogen and oxygen atoms in total. The van der Waals surface area contributed by atoms with Crippen LogP contribution < -0.4 is 10.6 Å². The number of carboxylic acid groups (broad SMARTS) is 1. The number of furan rings is 1. The van der Waals surface area contributed by atoms with Crippen molar-refractivity contribution >= 4 is 34.9 Å². The van der Waals surface area contributed by atoms with Crippen molar-refractivity contribution in [3.8, 4) is 11.3 Å². The van der Waals surface area contributed by atoms with E-state index in [9.17, 15) is 9.59 Å². The maximum Gasteiger partial charge on any atom is 0.371 e. The molecule has 2 aromatic carbocycles.